The largest absolute Gasteiger partial charge is 0.478 e. The van der Waals surface area contributed by atoms with Gasteiger partial charge in [-0.1, -0.05) is 23.9 Å². The van der Waals surface area contributed by atoms with E-state index in [2.05, 4.69) is 4.99 Å². The third-order valence-corrected chi connectivity index (χ3v) is 2.65. The summed E-state index contributed by atoms with van der Waals surface area (Å²) in [4.78, 5) is 14.2. The van der Waals surface area contributed by atoms with Gasteiger partial charge in [0.25, 0.3) is 0 Å². The van der Waals surface area contributed by atoms with Crippen LogP contribution in [0.2, 0.25) is 0 Å². The number of hydrogen-bond acceptors (Lipinski definition) is 3. The lowest BCUT2D eigenvalue weighted by atomic mass is 10.1. The number of thioether (sulfide) groups is 1. The lowest BCUT2D eigenvalue weighted by Gasteiger charge is -2.01. The van der Waals surface area contributed by atoms with Crippen LogP contribution in [-0.2, 0) is 5.75 Å². The molecule has 1 aromatic carbocycles. The number of benzene rings is 1. The van der Waals surface area contributed by atoms with Crippen molar-refractivity contribution < 1.29 is 9.90 Å². The van der Waals surface area contributed by atoms with Gasteiger partial charge in [-0.25, -0.2) is 4.79 Å². The summed E-state index contributed by atoms with van der Waals surface area (Å²) >= 11 is 1.16. The Bertz CT molecular complexity index is 452. The van der Waals surface area contributed by atoms with Crippen molar-refractivity contribution in [2.45, 2.75) is 5.75 Å². The molecular weight excluding hydrogens is 240 g/mol. The van der Waals surface area contributed by atoms with Crippen molar-refractivity contribution in [3.05, 3.63) is 35.4 Å². The zero-order valence-electron chi connectivity index (χ0n) is 8.88. The molecule has 1 rings (SSSR count). The van der Waals surface area contributed by atoms with Gasteiger partial charge >= 0.3 is 5.97 Å². The maximum absolute atomic E-state index is 10.6. The average Bonchev–Trinajstić information content (AvgIpc) is 2.26. The van der Waals surface area contributed by atoms with Gasteiger partial charge in [-0.3, -0.25) is 5.41 Å². The second-order valence-corrected chi connectivity index (χ2v) is 4.10. The molecule has 0 amide bonds. The zero-order valence-corrected chi connectivity index (χ0v) is 9.70. The Morgan fingerprint density at radius 1 is 1.35 bits per heavy atom. The minimum atomic E-state index is -0.961. The first kappa shape index (κ1) is 13.0. The fraction of sp³-hybridized carbons (Fsp3) is 0.100. The van der Waals surface area contributed by atoms with Crippen LogP contribution in [0.5, 0.6) is 0 Å². The maximum Gasteiger partial charge on any atom is 0.335 e. The summed E-state index contributed by atoms with van der Waals surface area (Å²) in [7, 11) is 0. The van der Waals surface area contributed by atoms with Gasteiger partial charge in [-0.15, -0.1) is 0 Å². The highest BCUT2D eigenvalue weighted by Crippen LogP contribution is 2.14. The Morgan fingerprint density at radius 2 is 1.94 bits per heavy atom. The van der Waals surface area contributed by atoms with E-state index in [1.54, 1.807) is 12.1 Å². The van der Waals surface area contributed by atoms with Gasteiger partial charge in [-0.05, 0) is 17.7 Å². The van der Waals surface area contributed by atoms with Crippen LogP contribution in [0.1, 0.15) is 15.9 Å². The number of carbonyl (C=O) groups is 1. The fourth-order valence-corrected chi connectivity index (χ4v) is 1.71. The minimum absolute atomic E-state index is 0.0207. The third kappa shape index (κ3) is 4.56. The Kier molecular flexibility index (Phi) is 4.53. The molecule has 0 atom stereocenters. The monoisotopic (exact) mass is 252 g/mol. The van der Waals surface area contributed by atoms with Crippen molar-refractivity contribution in [3.63, 3.8) is 0 Å². The molecule has 0 heterocycles. The normalized spacial score (nSPS) is 9.65. The quantitative estimate of drug-likeness (QED) is 0.468. The number of carboxylic acid groups (broad SMARTS) is 1. The van der Waals surface area contributed by atoms with E-state index in [0.717, 1.165) is 17.3 Å². The molecule has 0 aliphatic rings. The van der Waals surface area contributed by atoms with Gasteiger partial charge < -0.3 is 16.6 Å². The van der Waals surface area contributed by atoms with E-state index in [0.29, 0.717) is 5.75 Å². The second kappa shape index (κ2) is 5.90. The zero-order chi connectivity index (χ0) is 12.8. The van der Waals surface area contributed by atoms with E-state index in [9.17, 15) is 4.79 Å². The maximum atomic E-state index is 10.6. The number of rotatable bonds is 3. The molecule has 1 aromatic rings. The van der Waals surface area contributed by atoms with Crippen LogP contribution < -0.4 is 11.5 Å². The Labute approximate surface area is 102 Å². The highest BCUT2D eigenvalue weighted by molar-refractivity contribution is 8.13. The number of carboxylic acids is 1. The van der Waals surface area contributed by atoms with Crippen LogP contribution in [0, 0.1) is 5.41 Å². The molecule has 7 heteroatoms. The Hall–Kier alpha value is -2.02. The van der Waals surface area contributed by atoms with E-state index in [1.165, 1.54) is 12.1 Å². The van der Waals surface area contributed by atoms with Crippen LogP contribution in [0.3, 0.4) is 0 Å². The summed E-state index contributed by atoms with van der Waals surface area (Å²) in [6.07, 6.45) is 0. The standard InChI is InChI=1S/C10H12N4O2S/c11-9(12)14-10(13)17-5-6-1-3-7(4-2-6)8(15)16/h1-4H,5H2,(H,15,16)(H5,11,12,13,14). The fourth-order valence-electron chi connectivity index (χ4n) is 1.04. The van der Waals surface area contributed by atoms with Crippen LogP contribution in [0.25, 0.3) is 0 Å². The number of aromatic carboxylic acids is 1. The minimum Gasteiger partial charge on any atom is -0.478 e. The van der Waals surface area contributed by atoms with Crippen LogP contribution >= 0.6 is 11.8 Å². The van der Waals surface area contributed by atoms with E-state index < -0.39 is 5.97 Å². The van der Waals surface area contributed by atoms with Gasteiger partial charge in [0.2, 0.25) is 0 Å². The van der Waals surface area contributed by atoms with Crippen molar-refractivity contribution >= 4 is 28.9 Å². The first-order valence-electron chi connectivity index (χ1n) is 4.62. The van der Waals surface area contributed by atoms with Gasteiger partial charge in [0.15, 0.2) is 11.1 Å². The van der Waals surface area contributed by atoms with Gasteiger partial charge in [0.1, 0.15) is 0 Å². The van der Waals surface area contributed by atoms with E-state index in [-0.39, 0.29) is 16.7 Å². The molecule has 6 N–H and O–H groups in total. The second-order valence-electron chi connectivity index (χ2n) is 3.13. The number of guanidine groups is 1. The third-order valence-electron chi connectivity index (χ3n) is 1.81. The van der Waals surface area contributed by atoms with Crippen molar-refractivity contribution in [2.75, 3.05) is 0 Å². The first-order valence-corrected chi connectivity index (χ1v) is 5.61. The smallest absolute Gasteiger partial charge is 0.335 e. The molecule has 0 saturated carbocycles. The Balaban J connectivity index is 2.56. The number of hydrogen-bond donors (Lipinski definition) is 4. The number of nitrogens with two attached hydrogens (primary N) is 2. The number of nitrogens with one attached hydrogen (secondary N) is 1. The summed E-state index contributed by atoms with van der Waals surface area (Å²) in [5, 5.41) is 16.1. The summed E-state index contributed by atoms with van der Waals surface area (Å²) in [6.45, 7) is 0. The molecule has 0 aliphatic heterocycles. The SMILES string of the molecule is N=C(N=C(N)N)SCc1ccc(C(=O)O)cc1. The molecule has 0 bridgehead atoms. The van der Waals surface area contributed by atoms with Gasteiger partial charge in [0.05, 0.1) is 5.56 Å². The van der Waals surface area contributed by atoms with E-state index in [4.69, 9.17) is 22.0 Å². The highest BCUT2D eigenvalue weighted by atomic mass is 32.2. The number of nitrogens with zero attached hydrogens (tertiary/aromatic N) is 1. The van der Waals surface area contributed by atoms with Crippen molar-refractivity contribution in [3.8, 4) is 0 Å². The van der Waals surface area contributed by atoms with Crippen molar-refractivity contribution in [2.24, 2.45) is 16.5 Å². The summed E-state index contributed by atoms with van der Waals surface area (Å²) in [5.74, 6) is -0.601. The molecular formula is C10H12N4O2S. The molecule has 0 radical (unpaired) electrons. The molecule has 0 aromatic heterocycles. The molecule has 17 heavy (non-hydrogen) atoms. The van der Waals surface area contributed by atoms with Crippen molar-refractivity contribution in [1.29, 1.82) is 5.41 Å². The molecule has 6 nitrogen and oxygen atoms in total. The average molecular weight is 252 g/mol. The molecule has 0 aliphatic carbocycles. The Morgan fingerprint density at radius 3 is 2.41 bits per heavy atom. The first-order chi connectivity index (χ1) is 7.99. The van der Waals surface area contributed by atoms with E-state index >= 15 is 0 Å². The van der Waals surface area contributed by atoms with Gasteiger partial charge in [-0.2, -0.15) is 4.99 Å². The van der Waals surface area contributed by atoms with Crippen molar-refractivity contribution in [1.82, 2.24) is 0 Å². The van der Waals surface area contributed by atoms with Crippen LogP contribution in [-0.4, -0.2) is 22.2 Å². The predicted octanol–water partition coefficient (Wildman–Crippen LogP) is 0.826. The summed E-state index contributed by atoms with van der Waals surface area (Å²) < 4.78 is 0. The molecule has 90 valence electrons. The van der Waals surface area contributed by atoms with Crippen LogP contribution in [0.15, 0.2) is 29.3 Å². The predicted molar refractivity (Wildman–Crippen MR) is 68.2 cm³/mol. The lowest BCUT2D eigenvalue weighted by molar-refractivity contribution is 0.0697. The summed E-state index contributed by atoms with van der Waals surface area (Å²) in [5.41, 5.74) is 11.4. The van der Waals surface area contributed by atoms with Crippen LogP contribution in [0.4, 0.5) is 0 Å². The molecule has 0 fully saturated rings. The number of amidine groups is 1. The highest BCUT2D eigenvalue weighted by Gasteiger charge is 2.02. The van der Waals surface area contributed by atoms with Gasteiger partial charge in [0, 0.05) is 5.75 Å². The topological polar surface area (TPSA) is 126 Å². The lowest BCUT2D eigenvalue weighted by Crippen LogP contribution is -2.23. The molecule has 0 spiro atoms. The number of aliphatic imine (C=N–C) groups is 1. The summed E-state index contributed by atoms with van der Waals surface area (Å²) in [6, 6.07) is 6.42. The molecule has 0 saturated heterocycles. The molecule has 0 unspecified atom stereocenters. The van der Waals surface area contributed by atoms with E-state index in [1.807, 2.05) is 0 Å².